The molecular formula is C21H21ClN4OS. The summed E-state index contributed by atoms with van der Waals surface area (Å²) >= 11 is 7.90. The number of carbonyl (C=O) groups excluding carboxylic acids is 1. The minimum Gasteiger partial charge on any atom is -0.335 e. The topological polar surface area (TPSA) is 61.9 Å². The summed E-state index contributed by atoms with van der Waals surface area (Å²) in [4.78, 5) is 19.2. The highest BCUT2D eigenvalue weighted by Crippen LogP contribution is 2.26. The van der Waals surface area contributed by atoms with Crippen molar-refractivity contribution in [2.45, 2.75) is 36.2 Å². The molecule has 1 aliphatic heterocycles. The van der Waals surface area contributed by atoms with Crippen LogP contribution in [-0.2, 0) is 12.2 Å². The van der Waals surface area contributed by atoms with Crippen molar-refractivity contribution in [3.8, 4) is 0 Å². The number of thioether (sulfide) groups is 1. The van der Waals surface area contributed by atoms with Crippen molar-refractivity contribution in [2.75, 3.05) is 6.54 Å². The number of amides is 1. The number of benzene rings is 2. The molecule has 1 fully saturated rings. The van der Waals surface area contributed by atoms with Crippen LogP contribution in [0.1, 0.15) is 34.3 Å². The SMILES string of the molecule is O=C(c1ccc(CSc2ncn[nH]2)cc1)N1CCCC1Cc1ccccc1Cl. The highest BCUT2D eigenvalue weighted by Gasteiger charge is 2.29. The summed E-state index contributed by atoms with van der Waals surface area (Å²) < 4.78 is 0. The molecule has 1 unspecified atom stereocenters. The molecule has 2 aromatic carbocycles. The first-order valence-electron chi connectivity index (χ1n) is 9.32. The van der Waals surface area contributed by atoms with E-state index < -0.39 is 0 Å². The van der Waals surface area contributed by atoms with Crippen LogP contribution in [0.15, 0.2) is 60.0 Å². The number of aromatic amines is 1. The number of halogens is 1. The van der Waals surface area contributed by atoms with Crippen molar-refractivity contribution in [1.82, 2.24) is 20.1 Å². The monoisotopic (exact) mass is 412 g/mol. The molecule has 0 aliphatic carbocycles. The van der Waals surface area contributed by atoms with Crippen LogP contribution in [0, 0.1) is 0 Å². The van der Waals surface area contributed by atoms with Gasteiger partial charge in [0.25, 0.3) is 5.91 Å². The Labute approximate surface area is 173 Å². The van der Waals surface area contributed by atoms with Gasteiger partial charge in [-0.25, -0.2) is 4.98 Å². The minimum atomic E-state index is 0.101. The molecule has 0 bridgehead atoms. The fourth-order valence-electron chi connectivity index (χ4n) is 3.56. The summed E-state index contributed by atoms with van der Waals surface area (Å²) in [5, 5.41) is 8.24. The van der Waals surface area contributed by atoms with E-state index in [0.29, 0.717) is 0 Å². The van der Waals surface area contributed by atoms with Crippen molar-refractivity contribution in [1.29, 1.82) is 0 Å². The summed E-state index contributed by atoms with van der Waals surface area (Å²) in [6.45, 7) is 0.803. The Bertz CT molecular complexity index is 930. The lowest BCUT2D eigenvalue weighted by Crippen LogP contribution is -2.36. The molecule has 1 N–H and O–H groups in total. The number of rotatable bonds is 6. The van der Waals surface area contributed by atoms with Crippen molar-refractivity contribution >= 4 is 29.3 Å². The molecule has 1 atom stereocenters. The highest BCUT2D eigenvalue weighted by molar-refractivity contribution is 7.98. The van der Waals surface area contributed by atoms with Crippen molar-refractivity contribution in [2.24, 2.45) is 0 Å². The zero-order valence-electron chi connectivity index (χ0n) is 15.3. The zero-order chi connectivity index (χ0) is 19.3. The van der Waals surface area contributed by atoms with E-state index in [1.165, 1.54) is 6.33 Å². The lowest BCUT2D eigenvalue weighted by molar-refractivity contribution is 0.0736. The molecular weight excluding hydrogens is 392 g/mol. The Morgan fingerprint density at radius 3 is 2.79 bits per heavy atom. The third-order valence-electron chi connectivity index (χ3n) is 5.02. The largest absolute Gasteiger partial charge is 0.335 e. The predicted octanol–water partition coefficient (Wildman–Crippen LogP) is 4.60. The number of aromatic nitrogens is 3. The average Bonchev–Trinajstić information content (AvgIpc) is 3.40. The van der Waals surface area contributed by atoms with Crippen LogP contribution in [0.4, 0.5) is 0 Å². The van der Waals surface area contributed by atoms with E-state index in [0.717, 1.165) is 58.4 Å². The van der Waals surface area contributed by atoms with Gasteiger partial charge in [-0.1, -0.05) is 53.7 Å². The van der Waals surface area contributed by atoms with Crippen LogP contribution in [0.5, 0.6) is 0 Å². The zero-order valence-corrected chi connectivity index (χ0v) is 16.9. The second-order valence-corrected chi connectivity index (χ2v) is 8.24. The Kier molecular flexibility index (Phi) is 5.98. The van der Waals surface area contributed by atoms with E-state index in [9.17, 15) is 4.79 Å². The van der Waals surface area contributed by atoms with Crippen molar-refractivity contribution in [3.63, 3.8) is 0 Å². The van der Waals surface area contributed by atoms with Gasteiger partial charge in [-0.15, -0.1) is 0 Å². The van der Waals surface area contributed by atoms with E-state index in [1.807, 2.05) is 53.4 Å². The molecule has 4 rings (SSSR count). The molecule has 28 heavy (non-hydrogen) atoms. The summed E-state index contributed by atoms with van der Waals surface area (Å²) in [5.74, 6) is 0.881. The Morgan fingerprint density at radius 2 is 2.04 bits per heavy atom. The fraction of sp³-hybridized carbons (Fsp3) is 0.286. The van der Waals surface area contributed by atoms with Gasteiger partial charge in [-0.2, -0.15) is 5.10 Å². The van der Waals surface area contributed by atoms with Crippen LogP contribution in [-0.4, -0.2) is 38.6 Å². The van der Waals surface area contributed by atoms with Gasteiger partial charge in [0.15, 0.2) is 5.16 Å². The Hall–Kier alpha value is -2.31. The molecule has 2 heterocycles. The molecule has 144 valence electrons. The van der Waals surface area contributed by atoms with Crippen LogP contribution >= 0.6 is 23.4 Å². The maximum absolute atomic E-state index is 13.1. The number of likely N-dealkylation sites (tertiary alicyclic amines) is 1. The summed E-state index contributed by atoms with van der Waals surface area (Å²) in [5.41, 5.74) is 2.99. The molecule has 5 nitrogen and oxygen atoms in total. The second kappa shape index (κ2) is 8.80. The lowest BCUT2D eigenvalue weighted by Gasteiger charge is -2.25. The maximum Gasteiger partial charge on any atom is 0.254 e. The standard InChI is InChI=1S/C21H21ClN4OS/c22-19-6-2-1-4-17(19)12-18-5-3-11-26(18)20(27)16-9-7-15(8-10-16)13-28-21-23-14-24-25-21/h1-2,4,6-10,14,18H,3,5,11-13H2,(H,23,24,25). The van der Waals surface area contributed by atoms with Crippen LogP contribution in [0.2, 0.25) is 5.02 Å². The van der Waals surface area contributed by atoms with E-state index >= 15 is 0 Å². The summed E-state index contributed by atoms with van der Waals surface area (Å²) in [6.07, 6.45) is 4.35. The van der Waals surface area contributed by atoms with Gasteiger partial charge in [0.05, 0.1) is 0 Å². The minimum absolute atomic E-state index is 0.101. The quantitative estimate of drug-likeness (QED) is 0.601. The highest BCUT2D eigenvalue weighted by atomic mass is 35.5. The smallest absolute Gasteiger partial charge is 0.254 e. The fourth-order valence-corrected chi connectivity index (χ4v) is 4.51. The summed E-state index contributed by atoms with van der Waals surface area (Å²) in [6, 6.07) is 16.0. The first-order valence-corrected chi connectivity index (χ1v) is 10.7. The first kappa shape index (κ1) is 19.0. The van der Waals surface area contributed by atoms with Gasteiger partial charge < -0.3 is 4.90 Å². The molecule has 1 aromatic heterocycles. The number of hydrogen-bond donors (Lipinski definition) is 1. The van der Waals surface area contributed by atoms with Crippen molar-refractivity contribution in [3.05, 3.63) is 76.6 Å². The molecule has 1 amide bonds. The molecule has 1 saturated heterocycles. The number of carbonyl (C=O) groups is 1. The number of H-pyrrole nitrogens is 1. The molecule has 0 spiro atoms. The van der Waals surface area contributed by atoms with Gasteiger partial charge in [0, 0.05) is 28.9 Å². The molecule has 7 heteroatoms. The molecule has 0 radical (unpaired) electrons. The maximum atomic E-state index is 13.1. The third-order valence-corrected chi connectivity index (χ3v) is 6.34. The van der Waals surface area contributed by atoms with E-state index in [2.05, 4.69) is 15.2 Å². The first-order chi connectivity index (χ1) is 13.7. The van der Waals surface area contributed by atoms with Gasteiger partial charge >= 0.3 is 0 Å². The lowest BCUT2D eigenvalue weighted by atomic mass is 10.0. The molecule has 1 aliphatic rings. The van der Waals surface area contributed by atoms with E-state index in [-0.39, 0.29) is 11.9 Å². The number of hydrogen-bond acceptors (Lipinski definition) is 4. The van der Waals surface area contributed by atoms with Crippen molar-refractivity contribution < 1.29 is 4.79 Å². The predicted molar refractivity (Wildman–Crippen MR) is 112 cm³/mol. The normalized spacial score (nSPS) is 16.5. The van der Waals surface area contributed by atoms with Gasteiger partial charge in [-0.3, -0.25) is 9.89 Å². The van der Waals surface area contributed by atoms with Crippen LogP contribution in [0.3, 0.4) is 0 Å². The van der Waals surface area contributed by atoms with Crippen LogP contribution in [0.25, 0.3) is 0 Å². The molecule has 0 saturated carbocycles. The van der Waals surface area contributed by atoms with E-state index in [1.54, 1.807) is 11.8 Å². The van der Waals surface area contributed by atoms with Gasteiger partial charge in [0.1, 0.15) is 6.33 Å². The van der Waals surface area contributed by atoms with Crippen LogP contribution < -0.4 is 0 Å². The summed E-state index contributed by atoms with van der Waals surface area (Å²) in [7, 11) is 0. The Morgan fingerprint density at radius 1 is 1.21 bits per heavy atom. The Balaban J connectivity index is 1.40. The second-order valence-electron chi connectivity index (χ2n) is 6.87. The van der Waals surface area contributed by atoms with E-state index in [4.69, 9.17) is 11.6 Å². The third kappa shape index (κ3) is 4.39. The molecule has 3 aromatic rings. The number of nitrogens with zero attached hydrogens (tertiary/aromatic N) is 3. The van der Waals surface area contributed by atoms with Gasteiger partial charge in [-0.05, 0) is 48.6 Å². The van der Waals surface area contributed by atoms with Gasteiger partial charge in [0.2, 0.25) is 0 Å². The average molecular weight is 413 g/mol. The number of nitrogens with one attached hydrogen (secondary N) is 1.